The molecule has 0 fully saturated rings. The monoisotopic (exact) mass is 355 g/mol. The van der Waals surface area contributed by atoms with Crippen molar-refractivity contribution in [1.29, 1.82) is 0 Å². The molecule has 0 unspecified atom stereocenters. The summed E-state index contributed by atoms with van der Waals surface area (Å²) in [6, 6.07) is 2.07. The van der Waals surface area contributed by atoms with Crippen molar-refractivity contribution in [3.8, 4) is 11.1 Å². The lowest BCUT2D eigenvalue weighted by molar-refractivity contribution is 0.152. The number of hydrogen-bond donors (Lipinski definition) is 1. The maximum absolute atomic E-state index is 11.3. The molecule has 0 atom stereocenters. The van der Waals surface area contributed by atoms with E-state index in [2.05, 4.69) is 17.1 Å². The van der Waals surface area contributed by atoms with Crippen LogP contribution in [0.15, 0.2) is 11.7 Å². The van der Waals surface area contributed by atoms with E-state index in [1.807, 2.05) is 20.8 Å². The van der Waals surface area contributed by atoms with Gasteiger partial charge in [-0.15, -0.1) is 0 Å². The second kappa shape index (κ2) is 11.7. The van der Waals surface area contributed by atoms with E-state index in [1.165, 1.54) is 0 Å². The van der Waals surface area contributed by atoms with E-state index in [-0.39, 0.29) is 6.09 Å². The summed E-state index contributed by atoms with van der Waals surface area (Å²) in [7, 11) is -1.31. The van der Waals surface area contributed by atoms with Crippen LogP contribution in [-0.2, 0) is 11.2 Å². The van der Waals surface area contributed by atoms with Crippen molar-refractivity contribution in [3.05, 3.63) is 17.3 Å². The molecule has 1 aromatic rings. The van der Waals surface area contributed by atoms with E-state index < -0.39 is 8.64 Å². The highest BCUT2D eigenvalue weighted by molar-refractivity contribution is 6.50. The minimum atomic E-state index is -1.31. The Morgan fingerprint density at radius 3 is 2.46 bits per heavy atom. The van der Waals surface area contributed by atoms with Crippen LogP contribution in [0.4, 0.5) is 4.79 Å². The van der Waals surface area contributed by atoms with Gasteiger partial charge >= 0.3 is 14.7 Å². The Morgan fingerprint density at radius 2 is 1.83 bits per heavy atom. The number of ether oxygens (including phenoxy) is 3. The topological polar surface area (TPSA) is 66.0 Å². The molecule has 0 aliphatic carbocycles. The van der Waals surface area contributed by atoms with Crippen molar-refractivity contribution in [3.63, 3.8) is 0 Å². The average Bonchev–Trinajstić information content (AvgIpc) is 2.56. The van der Waals surface area contributed by atoms with Gasteiger partial charge in [0.2, 0.25) is 0 Å². The van der Waals surface area contributed by atoms with Crippen molar-refractivity contribution in [2.45, 2.75) is 40.5 Å². The fraction of sp³-hybridized carbons (Fsp3) is 0.647. The van der Waals surface area contributed by atoms with Crippen LogP contribution in [-0.4, -0.2) is 47.7 Å². The summed E-state index contributed by atoms with van der Waals surface area (Å²) in [5.74, 6) is 0.806. The molecule has 0 spiro atoms. The van der Waals surface area contributed by atoms with E-state index in [4.69, 9.17) is 18.6 Å². The highest BCUT2D eigenvalue weighted by Gasteiger charge is 2.18. The molecule has 0 aliphatic heterocycles. The van der Waals surface area contributed by atoms with Crippen molar-refractivity contribution >= 4 is 14.7 Å². The van der Waals surface area contributed by atoms with Gasteiger partial charge in [-0.05, 0) is 51.8 Å². The molecule has 1 rings (SSSR count). The van der Waals surface area contributed by atoms with Crippen LogP contribution in [0.25, 0.3) is 0 Å². The SMILES string of the molecule is CCOC(=O)NCCCc1cc[si](OCC)c(OCC)c1OCC. The van der Waals surface area contributed by atoms with Crippen molar-refractivity contribution in [2.75, 3.05) is 33.0 Å². The van der Waals surface area contributed by atoms with E-state index in [1.54, 1.807) is 6.92 Å². The number of rotatable bonds is 11. The largest absolute Gasteiger partial charge is 0.546 e. The fourth-order valence-electron chi connectivity index (χ4n) is 2.29. The molecule has 0 aromatic carbocycles. The highest BCUT2D eigenvalue weighted by Crippen LogP contribution is 2.31. The molecule has 0 saturated carbocycles. The van der Waals surface area contributed by atoms with Gasteiger partial charge in [0.15, 0.2) is 11.1 Å². The molecule has 0 radical (unpaired) electrons. The number of alkyl carbamates (subject to hydrolysis) is 1. The summed E-state index contributed by atoms with van der Waals surface area (Å²) in [6.45, 7) is 10.4. The molecular weight excluding hydrogens is 326 g/mol. The molecule has 1 amide bonds. The van der Waals surface area contributed by atoms with E-state index in [0.29, 0.717) is 33.0 Å². The van der Waals surface area contributed by atoms with Crippen LogP contribution in [0.5, 0.6) is 11.1 Å². The molecule has 1 aromatic heterocycles. The summed E-state index contributed by atoms with van der Waals surface area (Å²) in [6.07, 6.45) is 1.21. The van der Waals surface area contributed by atoms with Gasteiger partial charge in [0.25, 0.3) is 0 Å². The summed E-state index contributed by atoms with van der Waals surface area (Å²) in [5.41, 5.74) is 3.18. The second-order valence-electron chi connectivity index (χ2n) is 4.93. The van der Waals surface area contributed by atoms with Crippen LogP contribution in [0, 0.1) is 0 Å². The van der Waals surface area contributed by atoms with Crippen LogP contribution in [0.1, 0.15) is 39.7 Å². The highest BCUT2D eigenvalue weighted by atomic mass is 28.3. The predicted molar refractivity (Wildman–Crippen MR) is 95.2 cm³/mol. The first kappa shape index (κ1) is 20.3. The molecule has 0 saturated heterocycles. The van der Waals surface area contributed by atoms with Crippen LogP contribution >= 0.6 is 0 Å². The maximum Gasteiger partial charge on any atom is 0.407 e. The normalized spacial score (nSPS) is 10.2. The lowest BCUT2D eigenvalue weighted by Crippen LogP contribution is -2.25. The van der Waals surface area contributed by atoms with Gasteiger partial charge in [-0.3, -0.25) is 0 Å². The maximum atomic E-state index is 11.3. The zero-order valence-corrected chi connectivity index (χ0v) is 16.1. The Kier molecular flexibility index (Phi) is 9.91. The Morgan fingerprint density at radius 1 is 1.08 bits per heavy atom. The first-order chi connectivity index (χ1) is 11.7. The zero-order valence-electron chi connectivity index (χ0n) is 15.1. The van der Waals surface area contributed by atoms with Crippen molar-refractivity contribution < 1.29 is 23.4 Å². The number of carbonyl (C=O) groups excluding carboxylic acids is 1. The standard InChI is InChI=1S/C17H29NO5Si/c1-5-20-15-14(10-9-12-18-17(19)22-7-3)11-13-24(23-8-4)16(15)21-6-2/h11,13H,5-10,12H2,1-4H3,(H,18,19). The van der Waals surface area contributed by atoms with Crippen LogP contribution in [0.2, 0.25) is 0 Å². The number of amides is 1. The number of aryl methyl sites for hydroxylation is 1. The minimum Gasteiger partial charge on any atom is -0.546 e. The van der Waals surface area contributed by atoms with Gasteiger partial charge in [0.1, 0.15) is 0 Å². The number of carbonyl (C=O) groups is 1. The molecule has 0 aliphatic rings. The molecule has 6 nitrogen and oxygen atoms in total. The summed E-state index contributed by atoms with van der Waals surface area (Å²) in [5, 5.41) is 3.57. The molecule has 7 heteroatoms. The third-order valence-corrected chi connectivity index (χ3v) is 5.09. The lowest BCUT2D eigenvalue weighted by atomic mass is 10.1. The molecule has 136 valence electrons. The molecule has 1 N–H and O–H groups in total. The third-order valence-electron chi connectivity index (χ3n) is 3.20. The molecule has 1 heterocycles. The quantitative estimate of drug-likeness (QED) is 0.488. The summed E-state index contributed by atoms with van der Waals surface area (Å²) >= 11 is 0. The van der Waals surface area contributed by atoms with E-state index >= 15 is 0 Å². The first-order valence-electron chi connectivity index (χ1n) is 8.62. The van der Waals surface area contributed by atoms with Gasteiger partial charge in [-0.1, -0.05) is 6.07 Å². The Hall–Kier alpha value is -1.76. The second-order valence-corrected chi connectivity index (χ2v) is 6.74. The van der Waals surface area contributed by atoms with Crippen molar-refractivity contribution in [1.82, 2.24) is 5.32 Å². The number of nitrogens with one attached hydrogen (secondary N) is 1. The Balaban J connectivity index is 2.81. The molecular formula is C17H29NO5Si. The van der Waals surface area contributed by atoms with Crippen LogP contribution in [0.3, 0.4) is 0 Å². The van der Waals surface area contributed by atoms with Gasteiger partial charge in [-0.25, -0.2) is 4.79 Å². The molecule has 0 bridgehead atoms. The Labute approximate surface area is 146 Å². The number of hydrogen-bond acceptors (Lipinski definition) is 5. The average molecular weight is 356 g/mol. The van der Waals surface area contributed by atoms with Gasteiger partial charge in [-0.2, -0.15) is 0 Å². The zero-order chi connectivity index (χ0) is 17.8. The summed E-state index contributed by atoms with van der Waals surface area (Å²) < 4.78 is 22.4. The van der Waals surface area contributed by atoms with Gasteiger partial charge in [0.05, 0.1) is 26.4 Å². The lowest BCUT2D eigenvalue weighted by Gasteiger charge is -2.18. The van der Waals surface area contributed by atoms with Gasteiger partial charge in [0, 0.05) is 6.54 Å². The fourth-order valence-corrected chi connectivity index (χ4v) is 4.07. The first-order valence-corrected chi connectivity index (χ1v) is 10.1. The van der Waals surface area contributed by atoms with Crippen molar-refractivity contribution in [2.24, 2.45) is 0 Å². The Bertz CT molecular complexity index is 510. The van der Waals surface area contributed by atoms with E-state index in [9.17, 15) is 4.79 Å². The molecule has 24 heavy (non-hydrogen) atoms. The predicted octanol–water partition coefficient (Wildman–Crippen LogP) is 2.64. The third kappa shape index (κ3) is 6.39. The van der Waals surface area contributed by atoms with Gasteiger partial charge < -0.3 is 24.0 Å². The van der Waals surface area contributed by atoms with Crippen LogP contribution < -0.4 is 19.2 Å². The van der Waals surface area contributed by atoms with E-state index in [0.717, 1.165) is 29.5 Å². The smallest absolute Gasteiger partial charge is 0.407 e. The summed E-state index contributed by atoms with van der Waals surface area (Å²) in [4.78, 5) is 11.3. The minimum absolute atomic E-state index is 0.376.